The number of hydrazine groups is 1. The van der Waals surface area contributed by atoms with Crippen molar-refractivity contribution in [1.29, 1.82) is 0 Å². The van der Waals surface area contributed by atoms with Crippen molar-refractivity contribution in [1.82, 2.24) is 14.4 Å². The molecule has 0 saturated carbocycles. The molecule has 10 nitrogen and oxygen atoms in total. The van der Waals surface area contributed by atoms with Gasteiger partial charge in [0, 0.05) is 60.5 Å². The lowest BCUT2D eigenvalue weighted by Crippen LogP contribution is -2.60. The fourth-order valence-corrected chi connectivity index (χ4v) is 4.56. The van der Waals surface area contributed by atoms with Gasteiger partial charge in [-0.15, -0.1) is 0 Å². The zero-order chi connectivity index (χ0) is 24.8. The van der Waals surface area contributed by atoms with E-state index in [-0.39, 0.29) is 11.6 Å². The van der Waals surface area contributed by atoms with Crippen molar-refractivity contribution in [3.05, 3.63) is 59.4 Å². The summed E-state index contributed by atoms with van der Waals surface area (Å²) in [6.45, 7) is 5.19. The Balaban J connectivity index is 1.65. The first kappa shape index (κ1) is 25.3. The van der Waals surface area contributed by atoms with E-state index in [9.17, 15) is 23.5 Å². The first-order valence-electron chi connectivity index (χ1n) is 10.7. The first-order chi connectivity index (χ1) is 16.2. The second-order valence-electron chi connectivity index (χ2n) is 8.08. The van der Waals surface area contributed by atoms with Crippen molar-refractivity contribution in [3.8, 4) is 11.8 Å². The van der Waals surface area contributed by atoms with Gasteiger partial charge >= 0.3 is 5.97 Å². The lowest BCUT2D eigenvalue weighted by atomic mass is 10.1. The molecule has 34 heavy (non-hydrogen) atoms. The number of benzene rings is 1. The number of carboxylic acid groups (broad SMARTS) is 1. The summed E-state index contributed by atoms with van der Waals surface area (Å²) < 4.78 is 24.6. The van der Waals surface area contributed by atoms with Crippen LogP contribution in [0.5, 0.6) is 0 Å². The van der Waals surface area contributed by atoms with Crippen LogP contribution in [0.3, 0.4) is 0 Å². The predicted octanol–water partition coefficient (Wildman–Crippen LogP) is 0.823. The molecule has 1 aromatic carbocycles. The Hall–Kier alpha value is -3.30. The summed E-state index contributed by atoms with van der Waals surface area (Å²) in [6, 6.07) is 9.70. The lowest BCUT2D eigenvalue weighted by Gasteiger charge is -2.45. The van der Waals surface area contributed by atoms with E-state index in [1.165, 1.54) is 12.3 Å². The van der Waals surface area contributed by atoms with Gasteiger partial charge in [0.15, 0.2) is 0 Å². The monoisotopic (exact) mass is 484 g/mol. The molecular formula is C23H26N5O5S-. The summed E-state index contributed by atoms with van der Waals surface area (Å²) >= 11 is -2.69. The van der Waals surface area contributed by atoms with Gasteiger partial charge in [-0.2, -0.15) is 4.41 Å². The quantitative estimate of drug-likeness (QED) is 0.434. The van der Waals surface area contributed by atoms with Crippen LogP contribution in [0.1, 0.15) is 35.5 Å². The molecule has 1 amide bonds. The third-order valence-electron chi connectivity index (χ3n) is 5.41. The van der Waals surface area contributed by atoms with E-state index in [1.807, 2.05) is 24.3 Å². The molecule has 2 atom stereocenters. The SMILES string of the molecule is CC(C)C(C(=O)O)N(N1CCN(c2ccc(C#Cc3ccnc(C(N)=O)c3)cc2)CC1)S(=O)[O-]. The standard InChI is InChI=1S/C23H27N5O5S/c1-16(2)21(23(30)31)28(34(32)33)27-13-11-26(12-14-27)19-7-5-17(6-8-19)3-4-18-9-10-25-20(15-18)22(24)29/h5-10,15-16,21H,11-14H2,1-2H3,(H2,24,29)(H,30,31)(H,32,33)/p-1. The molecule has 11 heteroatoms. The second-order valence-corrected chi connectivity index (χ2v) is 8.89. The van der Waals surface area contributed by atoms with E-state index in [2.05, 4.69) is 21.7 Å². The zero-order valence-electron chi connectivity index (χ0n) is 18.9. The molecule has 1 saturated heterocycles. The molecule has 0 spiro atoms. The number of nitrogens with zero attached hydrogens (tertiary/aromatic N) is 4. The Morgan fingerprint density at radius 3 is 2.26 bits per heavy atom. The van der Waals surface area contributed by atoms with E-state index in [4.69, 9.17) is 5.73 Å². The van der Waals surface area contributed by atoms with Crippen molar-refractivity contribution in [2.24, 2.45) is 11.7 Å². The molecule has 0 aliphatic carbocycles. The van der Waals surface area contributed by atoms with Crippen LogP contribution in [0, 0.1) is 17.8 Å². The number of hydrogen-bond acceptors (Lipinski definition) is 7. The third kappa shape index (κ3) is 6.18. The van der Waals surface area contributed by atoms with Crippen LogP contribution in [0.2, 0.25) is 0 Å². The van der Waals surface area contributed by atoms with Gasteiger partial charge in [0.1, 0.15) is 11.7 Å². The number of nitrogens with two attached hydrogens (primary N) is 1. The Labute approximate surface area is 200 Å². The summed E-state index contributed by atoms with van der Waals surface area (Å²) in [5, 5.41) is 11.1. The number of rotatable bonds is 7. The molecule has 3 N–H and O–H groups in total. The molecule has 1 aliphatic heterocycles. The fourth-order valence-electron chi connectivity index (χ4n) is 3.69. The Bertz CT molecular complexity index is 1120. The van der Waals surface area contributed by atoms with Gasteiger partial charge in [0.2, 0.25) is 0 Å². The summed E-state index contributed by atoms with van der Waals surface area (Å²) in [6.07, 6.45) is 1.48. The van der Waals surface area contributed by atoms with Crippen molar-refractivity contribution < 1.29 is 23.5 Å². The topological polar surface area (TPSA) is 143 Å². The number of hydrogen-bond donors (Lipinski definition) is 2. The molecule has 2 unspecified atom stereocenters. The molecule has 1 aromatic heterocycles. The van der Waals surface area contributed by atoms with Crippen LogP contribution in [0.4, 0.5) is 5.69 Å². The van der Waals surface area contributed by atoms with Crippen LogP contribution in [-0.4, -0.2) is 72.4 Å². The molecule has 1 aliphatic rings. The number of carbonyl (C=O) groups excluding carboxylic acids is 1. The third-order valence-corrected chi connectivity index (χ3v) is 6.17. The number of piperazine rings is 1. The van der Waals surface area contributed by atoms with Gasteiger partial charge in [0.25, 0.3) is 5.91 Å². The van der Waals surface area contributed by atoms with Gasteiger partial charge in [-0.3, -0.25) is 18.8 Å². The van der Waals surface area contributed by atoms with Crippen molar-refractivity contribution in [3.63, 3.8) is 0 Å². The maximum absolute atomic E-state index is 11.8. The summed E-state index contributed by atoms with van der Waals surface area (Å²) in [4.78, 5) is 28.9. The Kier molecular flexibility index (Phi) is 8.36. The maximum Gasteiger partial charge on any atom is 0.323 e. The molecule has 2 heterocycles. The number of aliphatic carboxylic acids is 1. The number of amides is 1. The number of primary amides is 1. The molecule has 0 radical (unpaired) electrons. The van der Waals surface area contributed by atoms with Gasteiger partial charge < -0.3 is 20.3 Å². The van der Waals surface area contributed by atoms with Crippen LogP contribution in [-0.2, 0) is 16.1 Å². The lowest BCUT2D eigenvalue weighted by molar-refractivity contribution is -0.149. The van der Waals surface area contributed by atoms with Gasteiger partial charge in [-0.05, 0) is 42.3 Å². The van der Waals surface area contributed by atoms with Crippen molar-refractivity contribution in [2.45, 2.75) is 19.9 Å². The van der Waals surface area contributed by atoms with Crippen LogP contribution in [0.15, 0.2) is 42.6 Å². The predicted molar refractivity (Wildman–Crippen MR) is 126 cm³/mol. The molecule has 180 valence electrons. The largest absolute Gasteiger partial charge is 0.759 e. The molecule has 2 aromatic rings. The molecule has 3 rings (SSSR count). The smallest absolute Gasteiger partial charge is 0.323 e. The summed E-state index contributed by atoms with van der Waals surface area (Å²) in [7, 11) is 0. The summed E-state index contributed by atoms with van der Waals surface area (Å²) in [5.41, 5.74) is 7.77. The van der Waals surface area contributed by atoms with E-state index < -0.39 is 29.2 Å². The van der Waals surface area contributed by atoms with E-state index in [1.54, 1.807) is 24.9 Å². The minimum Gasteiger partial charge on any atom is -0.759 e. The fraction of sp³-hybridized carbons (Fsp3) is 0.348. The van der Waals surface area contributed by atoms with Gasteiger partial charge in [-0.25, -0.2) is 5.01 Å². The average molecular weight is 485 g/mol. The maximum atomic E-state index is 11.8. The highest BCUT2D eigenvalue weighted by Gasteiger charge is 2.35. The van der Waals surface area contributed by atoms with Crippen LogP contribution >= 0.6 is 0 Å². The second kappa shape index (κ2) is 11.2. The van der Waals surface area contributed by atoms with E-state index >= 15 is 0 Å². The average Bonchev–Trinajstić information content (AvgIpc) is 2.81. The number of carboxylic acids is 1. The van der Waals surface area contributed by atoms with Crippen LogP contribution in [0.25, 0.3) is 0 Å². The Morgan fingerprint density at radius 1 is 1.12 bits per heavy atom. The van der Waals surface area contributed by atoms with Gasteiger partial charge in [-0.1, -0.05) is 25.7 Å². The van der Waals surface area contributed by atoms with Crippen molar-refractivity contribution in [2.75, 3.05) is 31.1 Å². The number of anilines is 1. The highest BCUT2D eigenvalue weighted by atomic mass is 32.2. The zero-order valence-corrected chi connectivity index (χ0v) is 19.7. The normalized spacial score (nSPS) is 16.1. The summed E-state index contributed by atoms with van der Waals surface area (Å²) in [5.74, 6) is 3.86. The first-order valence-corrected chi connectivity index (χ1v) is 11.7. The minimum atomic E-state index is -2.69. The highest BCUT2D eigenvalue weighted by Crippen LogP contribution is 2.21. The number of pyridine rings is 1. The molecule has 0 bridgehead atoms. The van der Waals surface area contributed by atoms with Crippen LogP contribution < -0.4 is 10.6 Å². The van der Waals surface area contributed by atoms with E-state index in [0.29, 0.717) is 31.7 Å². The Morgan fingerprint density at radius 2 is 1.74 bits per heavy atom. The minimum absolute atomic E-state index is 0.156. The number of carbonyl (C=O) groups is 2. The number of aromatic nitrogens is 1. The van der Waals surface area contributed by atoms with E-state index in [0.717, 1.165) is 15.7 Å². The van der Waals surface area contributed by atoms with Gasteiger partial charge in [0.05, 0.1) is 0 Å². The van der Waals surface area contributed by atoms with Crippen molar-refractivity contribution >= 4 is 28.8 Å². The molecular weight excluding hydrogens is 458 g/mol. The highest BCUT2D eigenvalue weighted by molar-refractivity contribution is 7.76. The molecule has 1 fully saturated rings.